The molecule has 0 radical (unpaired) electrons. The Balaban J connectivity index is 1.32. The van der Waals surface area contributed by atoms with Gasteiger partial charge in [-0.05, 0) is 53.6 Å². The van der Waals surface area contributed by atoms with Gasteiger partial charge < -0.3 is 14.0 Å². The third-order valence-corrected chi connectivity index (χ3v) is 8.13. The molecule has 0 aliphatic rings. The van der Waals surface area contributed by atoms with Crippen LogP contribution in [0.2, 0.25) is 0 Å². The molecule has 3 heteroatoms. The largest absolute Gasteiger partial charge is 0.455 e. The molecule has 3 heterocycles. The molecule has 9 rings (SSSR count). The number of aromatic amines is 1. The number of fused-ring (bicyclic) bond motifs is 10. The molecule has 39 heavy (non-hydrogen) atoms. The number of nitrogens with zero attached hydrogens (tertiary/aromatic N) is 1. The molecule has 3 aromatic heterocycles. The van der Waals surface area contributed by atoms with Gasteiger partial charge in [0.05, 0.1) is 21.9 Å². The highest BCUT2D eigenvalue weighted by atomic mass is 16.3. The van der Waals surface area contributed by atoms with Crippen LogP contribution in [0.15, 0.2) is 132 Å². The Hall–Kier alpha value is -5.28. The van der Waals surface area contributed by atoms with Gasteiger partial charge in [-0.3, -0.25) is 0 Å². The van der Waals surface area contributed by atoms with E-state index in [1.165, 1.54) is 32.8 Å². The van der Waals surface area contributed by atoms with Crippen LogP contribution in [0.4, 0.5) is 0 Å². The Morgan fingerprint density at radius 3 is 1.87 bits per heavy atom. The third-order valence-electron chi connectivity index (χ3n) is 8.13. The van der Waals surface area contributed by atoms with E-state index in [9.17, 15) is 0 Å². The summed E-state index contributed by atoms with van der Waals surface area (Å²) < 4.78 is 8.91. The van der Waals surface area contributed by atoms with Crippen LogP contribution in [0.25, 0.3) is 82.4 Å². The number of hydrogen-bond acceptors (Lipinski definition) is 1. The summed E-state index contributed by atoms with van der Waals surface area (Å²) in [6.45, 7) is 0. The predicted octanol–water partition coefficient (Wildman–Crippen LogP) is 9.98. The van der Waals surface area contributed by atoms with Crippen LogP contribution in [0, 0.1) is 0 Å². The van der Waals surface area contributed by atoms with Crippen molar-refractivity contribution in [2.75, 3.05) is 0 Å². The summed E-state index contributed by atoms with van der Waals surface area (Å²) in [7, 11) is 0. The van der Waals surface area contributed by atoms with E-state index in [-0.39, 0.29) is 0 Å². The average Bonchev–Trinajstić information content (AvgIpc) is 3.66. The van der Waals surface area contributed by atoms with Gasteiger partial charge in [0.25, 0.3) is 0 Å². The van der Waals surface area contributed by atoms with Gasteiger partial charge in [-0.25, -0.2) is 0 Å². The fraction of sp³-hybridized carbons (Fsp3) is 0. The molecule has 182 valence electrons. The second-order valence-corrected chi connectivity index (χ2v) is 10.2. The smallest absolute Gasteiger partial charge is 0.146 e. The van der Waals surface area contributed by atoms with Crippen molar-refractivity contribution in [3.63, 3.8) is 0 Å². The topological polar surface area (TPSA) is 33.9 Å². The molecule has 0 saturated heterocycles. The lowest BCUT2D eigenvalue weighted by atomic mass is 9.96. The number of aromatic nitrogens is 2. The van der Waals surface area contributed by atoms with Crippen LogP contribution in [-0.2, 0) is 0 Å². The van der Waals surface area contributed by atoms with Crippen LogP contribution in [0.5, 0.6) is 0 Å². The van der Waals surface area contributed by atoms with E-state index in [1.807, 2.05) is 6.07 Å². The molecule has 3 nitrogen and oxygen atoms in total. The van der Waals surface area contributed by atoms with E-state index in [1.54, 1.807) is 0 Å². The van der Waals surface area contributed by atoms with Crippen molar-refractivity contribution in [2.24, 2.45) is 0 Å². The minimum Gasteiger partial charge on any atom is -0.455 e. The van der Waals surface area contributed by atoms with Crippen molar-refractivity contribution >= 4 is 65.6 Å². The number of furan rings is 1. The zero-order valence-corrected chi connectivity index (χ0v) is 21.0. The molecule has 0 bridgehead atoms. The second kappa shape index (κ2) is 7.62. The molecule has 0 aliphatic carbocycles. The molecule has 0 unspecified atom stereocenters. The summed E-state index contributed by atoms with van der Waals surface area (Å²) >= 11 is 0. The molecule has 0 aliphatic heterocycles. The molecule has 1 N–H and O–H groups in total. The monoisotopic (exact) mass is 498 g/mol. The number of hydrogen-bond donors (Lipinski definition) is 1. The van der Waals surface area contributed by atoms with Gasteiger partial charge in [0.15, 0.2) is 0 Å². The molecular weight excluding hydrogens is 476 g/mol. The number of nitrogens with one attached hydrogen (secondary N) is 1. The highest BCUT2D eigenvalue weighted by Gasteiger charge is 2.19. The maximum Gasteiger partial charge on any atom is 0.146 e. The van der Waals surface area contributed by atoms with E-state index in [2.05, 4.69) is 131 Å². The first-order valence-corrected chi connectivity index (χ1v) is 13.3. The molecule has 0 fully saturated rings. The predicted molar refractivity (Wildman–Crippen MR) is 163 cm³/mol. The van der Waals surface area contributed by atoms with Crippen LogP contribution < -0.4 is 0 Å². The summed E-state index contributed by atoms with van der Waals surface area (Å²) in [5.41, 5.74) is 9.97. The zero-order valence-electron chi connectivity index (χ0n) is 21.0. The maximum atomic E-state index is 6.55. The summed E-state index contributed by atoms with van der Waals surface area (Å²) in [4.78, 5) is 3.63. The minimum atomic E-state index is 0.911. The van der Waals surface area contributed by atoms with Crippen molar-refractivity contribution in [1.29, 1.82) is 0 Å². The Bertz CT molecular complexity index is 2330. The van der Waals surface area contributed by atoms with Crippen LogP contribution >= 0.6 is 0 Å². The van der Waals surface area contributed by atoms with E-state index in [0.717, 1.165) is 49.6 Å². The van der Waals surface area contributed by atoms with Crippen molar-refractivity contribution in [3.05, 3.63) is 127 Å². The quantitative estimate of drug-likeness (QED) is 0.253. The number of H-pyrrole nitrogens is 1. The van der Waals surface area contributed by atoms with Crippen molar-refractivity contribution in [3.8, 4) is 16.8 Å². The van der Waals surface area contributed by atoms with Crippen LogP contribution in [-0.4, -0.2) is 9.55 Å². The fourth-order valence-electron chi connectivity index (χ4n) is 6.44. The first-order chi connectivity index (χ1) is 19.3. The molecule has 0 saturated carbocycles. The van der Waals surface area contributed by atoms with Gasteiger partial charge in [-0.2, -0.15) is 0 Å². The Morgan fingerprint density at radius 2 is 1.13 bits per heavy atom. The lowest BCUT2D eigenvalue weighted by molar-refractivity contribution is 0.673. The summed E-state index contributed by atoms with van der Waals surface area (Å²) in [5, 5.41) is 7.17. The minimum absolute atomic E-state index is 0.911. The Kier molecular flexibility index (Phi) is 4.05. The van der Waals surface area contributed by atoms with Crippen molar-refractivity contribution in [1.82, 2.24) is 9.55 Å². The standard InChI is InChI=1S/C36H22N2O/c1-5-13-29-26(11-1)35-30(37-29)21-28(34-27-12-4-8-16-33(27)39-36(34)35)22-17-19-23(20-18-22)38-31-14-6-2-9-24(31)25-10-3-7-15-32(25)38/h1-21,37H. The molecule has 0 atom stereocenters. The average molecular weight is 499 g/mol. The molecule has 9 aromatic rings. The van der Waals surface area contributed by atoms with Gasteiger partial charge in [0.1, 0.15) is 11.2 Å². The highest BCUT2D eigenvalue weighted by molar-refractivity contribution is 6.27. The van der Waals surface area contributed by atoms with Crippen molar-refractivity contribution in [2.45, 2.75) is 0 Å². The lowest BCUT2D eigenvalue weighted by Crippen LogP contribution is -1.93. The van der Waals surface area contributed by atoms with E-state index >= 15 is 0 Å². The molecule has 0 spiro atoms. The summed E-state index contributed by atoms with van der Waals surface area (Å²) in [6, 6.07) is 45.3. The summed E-state index contributed by atoms with van der Waals surface area (Å²) in [6.07, 6.45) is 0. The van der Waals surface area contributed by atoms with Gasteiger partial charge in [-0.1, -0.05) is 84.9 Å². The zero-order chi connectivity index (χ0) is 25.5. The van der Waals surface area contributed by atoms with Crippen molar-refractivity contribution < 1.29 is 4.42 Å². The summed E-state index contributed by atoms with van der Waals surface area (Å²) in [5.74, 6) is 0. The maximum absolute atomic E-state index is 6.55. The van der Waals surface area contributed by atoms with Gasteiger partial charge in [-0.15, -0.1) is 0 Å². The first-order valence-electron chi connectivity index (χ1n) is 13.3. The normalized spacial score (nSPS) is 12.1. The number of benzene rings is 6. The van der Waals surface area contributed by atoms with Gasteiger partial charge in [0.2, 0.25) is 0 Å². The Labute approximate surface area is 223 Å². The Morgan fingerprint density at radius 1 is 0.513 bits per heavy atom. The van der Waals surface area contributed by atoms with Gasteiger partial charge >= 0.3 is 0 Å². The molecule has 0 amide bonds. The highest BCUT2D eigenvalue weighted by Crippen LogP contribution is 2.43. The van der Waals surface area contributed by atoms with E-state index in [4.69, 9.17) is 4.42 Å². The number of para-hydroxylation sites is 4. The molecule has 6 aromatic carbocycles. The van der Waals surface area contributed by atoms with E-state index in [0.29, 0.717) is 0 Å². The number of rotatable bonds is 2. The third kappa shape index (κ3) is 2.82. The first kappa shape index (κ1) is 20.7. The lowest BCUT2D eigenvalue weighted by Gasteiger charge is -2.10. The fourth-order valence-corrected chi connectivity index (χ4v) is 6.44. The molecular formula is C36H22N2O. The van der Waals surface area contributed by atoms with E-state index < -0.39 is 0 Å². The van der Waals surface area contributed by atoms with Crippen LogP contribution in [0.1, 0.15) is 0 Å². The van der Waals surface area contributed by atoms with Gasteiger partial charge in [0, 0.05) is 38.1 Å². The SMILES string of the molecule is c1ccc2c(c1)[nH]c1cc(-c3ccc(-n4c5ccccc5c5ccccc54)cc3)c3c4ccccc4oc3c12. The second-order valence-electron chi connectivity index (χ2n) is 10.2. The van der Waals surface area contributed by atoms with Crippen LogP contribution in [0.3, 0.4) is 0 Å².